The van der Waals surface area contributed by atoms with Crippen LogP contribution in [0.3, 0.4) is 0 Å². The standard InChI is InChI=1S/C68H102N2/c1-15-24-28-37-48-69(68(49-57(12)61(21-7)38-19-5)50-58(13)63-40-35-31-36-41-63)54-55(10)46-47-60(20-6)52-67(45-27-18-4)70(66(23-9)44-26-17-3)59(14)51-65(56(11)39-32-25-16-2)53-62(22-8)64-42-33-29-30-34-43-64/h16-17,20-21,25-26,29-31,33,35-37,40-44,46-52,55-56,58-59,61-62H,7,15,18-19,22-24,27-28,32,34,38-39,45,53-54H2,1-6,8-14H3/b25-16-,26-17-,47-46-,48-37+,57-49+,60-20+,65-51+,66-44+,67-52+,68-50+. The van der Waals surface area contributed by atoms with Gasteiger partial charge in [0.25, 0.3) is 0 Å². The third-order valence-corrected chi connectivity index (χ3v) is 13.9. The first-order valence-corrected chi connectivity index (χ1v) is 28.0. The Bertz CT molecular complexity index is 2030. The van der Waals surface area contributed by atoms with Crippen LogP contribution >= 0.6 is 0 Å². The predicted octanol–water partition coefficient (Wildman–Crippen LogP) is 20.8. The summed E-state index contributed by atoms with van der Waals surface area (Å²) in [4.78, 5) is 5.22. The molecular weight excluding hydrogens is 845 g/mol. The van der Waals surface area contributed by atoms with E-state index in [1.165, 1.54) is 52.2 Å². The number of hydrogen-bond acceptors (Lipinski definition) is 2. The van der Waals surface area contributed by atoms with Gasteiger partial charge in [-0.1, -0.05) is 220 Å². The number of nitrogens with zero attached hydrogens (tertiary/aromatic N) is 2. The van der Waals surface area contributed by atoms with Crippen LogP contribution in [0.5, 0.6) is 0 Å². The Balaban J connectivity index is 2.77. The normalized spacial score (nSPS) is 17.4. The average molecular weight is 948 g/mol. The maximum Gasteiger partial charge on any atom is 0.0490 e. The Morgan fingerprint density at radius 1 is 0.814 bits per heavy atom. The molecule has 0 saturated carbocycles. The number of benzene rings is 1. The van der Waals surface area contributed by atoms with Crippen molar-refractivity contribution < 1.29 is 0 Å². The van der Waals surface area contributed by atoms with Crippen LogP contribution in [0.2, 0.25) is 0 Å². The van der Waals surface area contributed by atoms with Gasteiger partial charge in [-0.15, -0.1) is 6.58 Å². The van der Waals surface area contributed by atoms with E-state index in [-0.39, 0.29) is 12.0 Å². The number of rotatable bonds is 34. The van der Waals surface area contributed by atoms with Crippen molar-refractivity contribution in [3.8, 4) is 0 Å². The van der Waals surface area contributed by atoms with Crippen LogP contribution in [0.15, 0.2) is 198 Å². The maximum absolute atomic E-state index is 4.25. The third-order valence-electron chi connectivity index (χ3n) is 13.9. The fraction of sp³-hybridized carbons (Fsp3) is 0.500. The molecule has 0 fully saturated rings. The van der Waals surface area contributed by atoms with Crippen LogP contribution in [-0.2, 0) is 0 Å². The highest BCUT2D eigenvalue weighted by atomic mass is 15.2. The number of unbranched alkanes of at least 4 members (excludes halogenated alkanes) is 3. The molecule has 384 valence electrons. The minimum absolute atomic E-state index is 0.184. The van der Waals surface area contributed by atoms with Gasteiger partial charge in [0, 0.05) is 41.8 Å². The molecular formula is C68H102N2. The SMILES string of the molecule is C=CC(CCC)/C(C)=C/C(=C\C(C)c1ccccc1)N(/C=C/CCCC)CC(C)\C=C/C(=C\C)/C=C(\CCCC)N(/C(=C/C=C\C)CC)C(C)/C=C(\CC(CC)C1=CCC=CC=C1)C(C)CC/C=C\C. The predicted molar refractivity (Wildman–Crippen MR) is 315 cm³/mol. The second-order valence-corrected chi connectivity index (χ2v) is 19.8. The van der Waals surface area contributed by atoms with E-state index in [9.17, 15) is 0 Å². The number of allylic oxidation sites excluding steroid dienone is 23. The van der Waals surface area contributed by atoms with E-state index >= 15 is 0 Å². The molecule has 0 heterocycles. The van der Waals surface area contributed by atoms with Crippen LogP contribution in [-0.4, -0.2) is 22.4 Å². The van der Waals surface area contributed by atoms with Gasteiger partial charge in [-0.2, -0.15) is 0 Å². The number of hydrogen-bond donors (Lipinski definition) is 0. The van der Waals surface area contributed by atoms with E-state index in [1.807, 2.05) is 0 Å². The van der Waals surface area contributed by atoms with Crippen molar-refractivity contribution in [1.82, 2.24) is 9.80 Å². The van der Waals surface area contributed by atoms with Gasteiger partial charge < -0.3 is 9.80 Å². The molecule has 70 heavy (non-hydrogen) atoms. The summed E-state index contributed by atoms with van der Waals surface area (Å²) < 4.78 is 0. The lowest BCUT2D eigenvalue weighted by Crippen LogP contribution is -2.31. The Morgan fingerprint density at radius 2 is 1.57 bits per heavy atom. The van der Waals surface area contributed by atoms with E-state index in [0.29, 0.717) is 23.7 Å². The van der Waals surface area contributed by atoms with Crippen molar-refractivity contribution in [3.63, 3.8) is 0 Å². The third kappa shape index (κ3) is 22.9. The first-order chi connectivity index (χ1) is 33.9. The molecule has 0 amide bonds. The van der Waals surface area contributed by atoms with Crippen LogP contribution in [0.1, 0.15) is 191 Å². The summed E-state index contributed by atoms with van der Waals surface area (Å²) in [7, 11) is 0. The first kappa shape index (κ1) is 61.3. The highest BCUT2D eigenvalue weighted by Crippen LogP contribution is 2.34. The molecule has 0 bridgehead atoms. The molecule has 0 spiro atoms. The van der Waals surface area contributed by atoms with Gasteiger partial charge in [0.05, 0.1) is 0 Å². The molecule has 2 rings (SSSR count). The summed E-state index contributed by atoms with van der Waals surface area (Å²) in [5, 5.41) is 0. The molecule has 0 aromatic heterocycles. The molecule has 6 atom stereocenters. The fourth-order valence-electron chi connectivity index (χ4n) is 9.46. The fourth-order valence-corrected chi connectivity index (χ4v) is 9.46. The van der Waals surface area contributed by atoms with Gasteiger partial charge in [-0.25, -0.2) is 0 Å². The van der Waals surface area contributed by atoms with Crippen LogP contribution in [0, 0.1) is 23.7 Å². The van der Waals surface area contributed by atoms with Crippen molar-refractivity contribution in [2.24, 2.45) is 23.7 Å². The quantitative estimate of drug-likeness (QED) is 0.0386. The molecule has 6 unspecified atom stereocenters. The van der Waals surface area contributed by atoms with E-state index in [0.717, 1.165) is 83.6 Å². The van der Waals surface area contributed by atoms with E-state index in [2.05, 4.69) is 258 Å². The maximum atomic E-state index is 4.25. The molecule has 0 saturated heterocycles. The summed E-state index contributed by atoms with van der Waals surface area (Å²) in [6.45, 7) is 35.1. The van der Waals surface area contributed by atoms with Crippen molar-refractivity contribution in [1.29, 1.82) is 0 Å². The van der Waals surface area contributed by atoms with Gasteiger partial charge in [0.15, 0.2) is 0 Å². The van der Waals surface area contributed by atoms with Crippen molar-refractivity contribution >= 4 is 0 Å². The van der Waals surface area contributed by atoms with Gasteiger partial charge in [-0.3, -0.25) is 0 Å². The Labute approximate surface area is 433 Å². The van der Waals surface area contributed by atoms with Gasteiger partial charge >= 0.3 is 0 Å². The lowest BCUT2D eigenvalue weighted by Gasteiger charge is -2.36. The molecule has 0 N–H and O–H groups in total. The van der Waals surface area contributed by atoms with Crippen LogP contribution in [0.25, 0.3) is 0 Å². The highest BCUT2D eigenvalue weighted by Gasteiger charge is 2.23. The average Bonchev–Trinajstić information content (AvgIpc) is 3.66. The topological polar surface area (TPSA) is 6.48 Å². The second kappa shape index (κ2) is 37.0. The van der Waals surface area contributed by atoms with E-state index < -0.39 is 0 Å². The summed E-state index contributed by atoms with van der Waals surface area (Å²) in [6, 6.07) is 11.1. The van der Waals surface area contributed by atoms with E-state index in [4.69, 9.17) is 0 Å². The Hall–Kier alpha value is -4.82. The smallest absolute Gasteiger partial charge is 0.0490 e. The summed E-state index contributed by atoms with van der Waals surface area (Å²) in [5.74, 6) is 1.91. The molecule has 2 nitrogen and oxygen atoms in total. The minimum Gasteiger partial charge on any atom is -0.348 e. The van der Waals surface area contributed by atoms with Gasteiger partial charge in [0.1, 0.15) is 0 Å². The molecule has 0 aliphatic heterocycles. The zero-order valence-corrected chi connectivity index (χ0v) is 47.1. The van der Waals surface area contributed by atoms with Gasteiger partial charge in [-0.05, 0) is 157 Å². The zero-order chi connectivity index (χ0) is 51.5. The minimum atomic E-state index is 0.184. The lowest BCUT2D eigenvalue weighted by atomic mass is 9.82. The Kier molecular flexibility index (Phi) is 32.4. The Morgan fingerprint density at radius 3 is 2.21 bits per heavy atom. The summed E-state index contributed by atoms with van der Waals surface area (Å²) in [5.41, 5.74) is 11.1. The largest absolute Gasteiger partial charge is 0.348 e. The zero-order valence-electron chi connectivity index (χ0n) is 47.1. The van der Waals surface area contributed by atoms with Crippen molar-refractivity contribution in [2.75, 3.05) is 6.54 Å². The van der Waals surface area contributed by atoms with Gasteiger partial charge in [0.2, 0.25) is 0 Å². The van der Waals surface area contributed by atoms with Crippen LogP contribution < -0.4 is 0 Å². The highest BCUT2D eigenvalue weighted by molar-refractivity contribution is 5.37. The molecule has 1 aliphatic rings. The van der Waals surface area contributed by atoms with E-state index in [1.54, 1.807) is 5.57 Å². The molecule has 1 aromatic carbocycles. The molecule has 1 aliphatic carbocycles. The lowest BCUT2D eigenvalue weighted by molar-refractivity contribution is 0.351. The van der Waals surface area contributed by atoms with Crippen molar-refractivity contribution in [2.45, 2.75) is 192 Å². The second-order valence-electron chi connectivity index (χ2n) is 19.8. The van der Waals surface area contributed by atoms with Crippen LogP contribution in [0.4, 0.5) is 0 Å². The van der Waals surface area contributed by atoms with Crippen molar-refractivity contribution in [3.05, 3.63) is 204 Å². The summed E-state index contributed by atoms with van der Waals surface area (Å²) in [6.07, 6.45) is 62.4. The monoisotopic (exact) mass is 947 g/mol. The molecule has 2 heteroatoms. The molecule has 1 aromatic rings. The molecule has 0 radical (unpaired) electrons. The first-order valence-electron chi connectivity index (χ1n) is 28.0. The summed E-state index contributed by atoms with van der Waals surface area (Å²) >= 11 is 0.